The lowest BCUT2D eigenvalue weighted by Gasteiger charge is -2.20. The number of rotatable bonds is 18. The van der Waals surface area contributed by atoms with Gasteiger partial charge in [-0.05, 0) is 49.3 Å². The van der Waals surface area contributed by atoms with Crippen LogP contribution in [0, 0.1) is 11.8 Å². The summed E-state index contributed by atoms with van der Waals surface area (Å²) < 4.78 is 31.4. The van der Waals surface area contributed by atoms with Crippen molar-refractivity contribution in [3.05, 3.63) is 23.8 Å². The van der Waals surface area contributed by atoms with Crippen LogP contribution in [0.15, 0.2) is 18.2 Å². The molecular weight excluding hydrogens is 534 g/mol. The number of hydrogen-bond acceptors (Lipinski definition) is 11. The summed E-state index contributed by atoms with van der Waals surface area (Å²) in [6.45, 7) is 12.1. The van der Waals surface area contributed by atoms with Crippen molar-refractivity contribution in [2.75, 3.05) is 26.9 Å². The van der Waals surface area contributed by atoms with Gasteiger partial charge in [0.2, 0.25) is 0 Å². The fourth-order valence-electron chi connectivity index (χ4n) is 3.31. The van der Waals surface area contributed by atoms with Gasteiger partial charge in [-0.25, -0.2) is 9.59 Å². The van der Waals surface area contributed by atoms with E-state index in [0.29, 0.717) is 12.0 Å². The lowest BCUT2D eigenvalue weighted by molar-refractivity contribution is -0.148. The first-order valence-corrected chi connectivity index (χ1v) is 14.3. The van der Waals surface area contributed by atoms with E-state index in [0.717, 1.165) is 25.7 Å². The Labute approximate surface area is 243 Å². The Balaban J connectivity index is 3.04. The van der Waals surface area contributed by atoms with Crippen LogP contribution in [0.4, 0.5) is 9.59 Å². The van der Waals surface area contributed by atoms with E-state index in [4.69, 9.17) is 28.4 Å². The predicted octanol–water partition coefficient (Wildman–Crippen LogP) is 5.61. The monoisotopic (exact) mass is 581 g/mol. The number of carbonyl (C=O) groups excluding carboxylic acids is 4. The molecule has 0 radical (unpaired) electrons. The summed E-state index contributed by atoms with van der Waals surface area (Å²) in [5.74, 6) is -0.644. The van der Waals surface area contributed by atoms with E-state index in [1.165, 1.54) is 19.2 Å². The van der Waals surface area contributed by atoms with Gasteiger partial charge in [-0.2, -0.15) is 0 Å². The second-order valence-electron chi connectivity index (χ2n) is 10.2. The summed E-state index contributed by atoms with van der Waals surface area (Å²) in [6, 6.07) is 3.76. The third kappa shape index (κ3) is 14.7. The lowest BCUT2D eigenvalue weighted by atomic mass is 10.0. The Morgan fingerprint density at radius 3 is 1.98 bits per heavy atom. The molecule has 4 atom stereocenters. The minimum atomic E-state index is -0.957. The molecule has 1 aromatic carbocycles. The second-order valence-corrected chi connectivity index (χ2v) is 10.2. The molecule has 232 valence electrons. The summed E-state index contributed by atoms with van der Waals surface area (Å²) in [7, 11) is 1.27. The average molecular weight is 582 g/mol. The van der Waals surface area contributed by atoms with Crippen LogP contribution in [0.25, 0.3) is 0 Å². The molecule has 0 heterocycles. The Hall–Kier alpha value is -3.34. The zero-order valence-electron chi connectivity index (χ0n) is 25.5. The summed E-state index contributed by atoms with van der Waals surface area (Å²) in [6.07, 6.45) is 1.39. The number of hydrogen-bond donors (Lipinski definition) is 1. The van der Waals surface area contributed by atoms with Gasteiger partial charge < -0.3 is 33.7 Å². The molecule has 1 rings (SSSR count). The van der Waals surface area contributed by atoms with Crippen LogP contribution in [-0.4, -0.2) is 63.3 Å². The number of methoxy groups -OCH3 is 1. The molecule has 0 spiro atoms. The van der Waals surface area contributed by atoms with Gasteiger partial charge >= 0.3 is 24.2 Å². The number of esters is 2. The van der Waals surface area contributed by atoms with Gasteiger partial charge in [0.15, 0.2) is 11.5 Å². The molecule has 0 aliphatic carbocycles. The summed E-state index contributed by atoms with van der Waals surface area (Å²) >= 11 is 0. The van der Waals surface area contributed by atoms with Gasteiger partial charge in [-0.1, -0.05) is 59.9 Å². The average Bonchev–Trinajstić information content (AvgIpc) is 2.96. The van der Waals surface area contributed by atoms with Gasteiger partial charge in [0.05, 0.1) is 20.3 Å². The molecule has 0 bridgehead atoms. The van der Waals surface area contributed by atoms with E-state index in [2.05, 4.69) is 5.32 Å². The molecule has 1 N–H and O–H groups in total. The van der Waals surface area contributed by atoms with Crippen molar-refractivity contribution >= 4 is 24.2 Å². The van der Waals surface area contributed by atoms with Crippen molar-refractivity contribution in [3.8, 4) is 11.5 Å². The smallest absolute Gasteiger partial charge is 0.468 e. The van der Waals surface area contributed by atoms with Crippen molar-refractivity contribution in [2.45, 2.75) is 92.2 Å². The molecule has 0 aliphatic rings. The van der Waals surface area contributed by atoms with E-state index >= 15 is 0 Å². The van der Waals surface area contributed by atoms with Crippen molar-refractivity contribution in [3.63, 3.8) is 0 Å². The molecule has 11 heteroatoms. The first-order chi connectivity index (χ1) is 19.5. The standard InChI is InChI=1S/C30H47NO10/c1-8-11-12-27(32)39-22(6)17-31-24(28(33)36-7)15-23-13-14-25(40-29(34)37-18-20(4)9-2)26(16-23)41-30(35)38-19-21(5)10-3/h13-14,16,20-22,24,31H,8-12,15,17-19H2,1-7H3/t20?,21?,22?,24-/m0/s1. The minimum absolute atomic E-state index is 0.0430. The predicted molar refractivity (Wildman–Crippen MR) is 152 cm³/mol. The maximum atomic E-state index is 12.5. The normalized spacial score (nSPS) is 13.7. The van der Waals surface area contributed by atoms with E-state index in [-0.39, 0.29) is 55.5 Å². The van der Waals surface area contributed by atoms with Crippen LogP contribution in [0.1, 0.15) is 79.2 Å². The SMILES string of the molecule is CCCCC(=O)OC(C)CN[C@@H](Cc1ccc(OC(=O)OCC(C)CC)c(OC(=O)OCC(C)CC)c1)C(=O)OC. The molecule has 0 aromatic heterocycles. The fourth-order valence-corrected chi connectivity index (χ4v) is 3.31. The van der Waals surface area contributed by atoms with Crippen LogP contribution in [0.3, 0.4) is 0 Å². The number of benzene rings is 1. The summed E-state index contributed by atoms with van der Waals surface area (Å²) in [4.78, 5) is 49.1. The second kappa shape index (κ2) is 19.7. The highest BCUT2D eigenvalue weighted by Gasteiger charge is 2.23. The van der Waals surface area contributed by atoms with Gasteiger partial charge in [0.25, 0.3) is 0 Å². The first-order valence-electron chi connectivity index (χ1n) is 14.3. The van der Waals surface area contributed by atoms with Crippen molar-refractivity contribution in [1.29, 1.82) is 0 Å². The maximum absolute atomic E-state index is 12.5. The summed E-state index contributed by atoms with van der Waals surface area (Å²) in [5, 5.41) is 3.07. The van der Waals surface area contributed by atoms with Crippen LogP contribution >= 0.6 is 0 Å². The Morgan fingerprint density at radius 1 is 0.854 bits per heavy atom. The van der Waals surface area contributed by atoms with E-state index < -0.39 is 30.4 Å². The Bertz CT molecular complexity index is 967. The molecule has 11 nitrogen and oxygen atoms in total. The van der Waals surface area contributed by atoms with E-state index in [1.807, 2.05) is 34.6 Å². The van der Waals surface area contributed by atoms with E-state index in [1.54, 1.807) is 13.0 Å². The molecule has 0 aliphatic heterocycles. The minimum Gasteiger partial charge on any atom is -0.468 e. The topological polar surface area (TPSA) is 136 Å². The molecule has 3 unspecified atom stereocenters. The largest absolute Gasteiger partial charge is 0.513 e. The molecule has 0 fully saturated rings. The zero-order valence-corrected chi connectivity index (χ0v) is 25.5. The number of carbonyl (C=O) groups is 4. The lowest BCUT2D eigenvalue weighted by Crippen LogP contribution is -2.43. The van der Waals surface area contributed by atoms with Crippen LogP contribution < -0.4 is 14.8 Å². The van der Waals surface area contributed by atoms with Gasteiger partial charge in [-0.15, -0.1) is 0 Å². The number of nitrogens with one attached hydrogen (secondary N) is 1. The van der Waals surface area contributed by atoms with Gasteiger partial charge in [-0.3, -0.25) is 9.59 Å². The Kier molecular flexibility index (Phi) is 17.1. The van der Waals surface area contributed by atoms with Gasteiger partial charge in [0.1, 0.15) is 12.1 Å². The molecule has 0 saturated heterocycles. The van der Waals surface area contributed by atoms with E-state index in [9.17, 15) is 19.2 Å². The third-order valence-corrected chi connectivity index (χ3v) is 6.40. The summed E-state index contributed by atoms with van der Waals surface area (Å²) in [5.41, 5.74) is 0.575. The van der Waals surface area contributed by atoms with Crippen LogP contribution in [0.5, 0.6) is 11.5 Å². The van der Waals surface area contributed by atoms with Crippen LogP contribution in [0.2, 0.25) is 0 Å². The number of unbranched alkanes of at least 4 members (excludes halogenated alkanes) is 1. The van der Waals surface area contributed by atoms with Crippen LogP contribution in [-0.2, 0) is 35.0 Å². The molecule has 1 aromatic rings. The highest BCUT2D eigenvalue weighted by molar-refractivity contribution is 5.76. The fraction of sp³-hybridized carbons (Fsp3) is 0.667. The van der Waals surface area contributed by atoms with Gasteiger partial charge in [0, 0.05) is 13.0 Å². The first kappa shape index (κ1) is 35.7. The van der Waals surface area contributed by atoms with Crippen molar-refractivity contribution < 1.29 is 47.6 Å². The molecule has 0 amide bonds. The van der Waals surface area contributed by atoms with Crippen molar-refractivity contribution in [1.82, 2.24) is 5.32 Å². The highest BCUT2D eigenvalue weighted by atomic mass is 16.7. The Morgan fingerprint density at radius 2 is 1.44 bits per heavy atom. The third-order valence-electron chi connectivity index (χ3n) is 6.40. The molecule has 41 heavy (non-hydrogen) atoms. The zero-order chi connectivity index (χ0) is 30.8. The number of ether oxygens (including phenoxy) is 6. The molecule has 0 saturated carbocycles. The van der Waals surface area contributed by atoms with Crippen molar-refractivity contribution in [2.24, 2.45) is 11.8 Å². The highest BCUT2D eigenvalue weighted by Crippen LogP contribution is 2.30. The molecular formula is C30H47NO10. The maximum Gasteiger partial charge on any atom is 0.513 e. The quantitative estimate of drug-likeness (QED) is 0.132.